The van der Waals surface area contributed by atoms with Crippen LogP contribution in [0.5, 0.6) is 5.75 Å². The van der Waals surface area contributed by atoms with Crippen molar-refractivity contribution in [3.8, 4) is 5.75 Å². The van der Waals surface area contributed by atoms with Gasteiger partial charge in [-0.05, 0) is 48.4 Å². The highest BCUT2D eigenvalue weighted by Crippen LogP contribution is 2.24. The molecule has 0 aliphatic heterocycles. The minimum absolute atomic E-state index is 0.134. The van der Waals surface area contributed by atoms with Crippen molar-refractivity contribution in [2.45, 2.75) is 13.5 Å². The highest BCUT2D eigenvalue weighted by atomic mass is 16.5. The van der Waals surface area contributed by atoms with E-state index in [4.69, 9.17) is 4.74 Å². The molecule has 0 fully saturated rings. The van der Waals surface area contributed by atoms with Crippen molar-refractivity contribution in [3.05, 3.63) is 77.6 Å². The Balaban J connectivity index is 1.53. The zero-order valence-electron chi connectivity index (χ0n) is 15.8. The zero-order chi connectivity index (χ0) is 19.9. The SMILES string of the molecule is COc1ccc(C)cc1NC(=O)CNC(=O)c1ccc(Cn2cccn2)cc1. The Hall–Kier alpha value is -3.61. The second-order valence-electron chi connectivity index (χ2n) is 6.34. The van der Waals surface area contributed by atoms with Crippen LogP contribution in [0.15, 0.2) is 60.9 Å². The molecule has 28 heavy (non-hydrogen) atoms. The topological polar surface area (TPSA) is 85.3 Å². The summed E-state index contributed by atoms with van der Waals surface area (Å²) in [5.74, 6) is -0.0670. The third-order valence-electron chi connectivity index (χ3n) is 4.16. The highest BCUT2D eigenvalue weighted by Gasteiger charge is 2.11. The third kappa shape index (κ3) is 4.97. The summed E-state index contributed by atoms with van der Waals surface area (Å²) >= 11 is 0. The van der Waals surface area contributed by atoms with Crippen molar-refractivity contribution in [3.63, 3.8) is 0 Å². The lowest BCUT2D eigenvalue weighted by Crippen LogP contribution is -2.32. The van der Waals surface area contributed by atoms with Crippen LogP contribution in [0.1, 0.15) is 21.5 Å². The number of hydrogen-bond acceptors (Lipinski definition) is 4. The fourth-order valence-corrected chi connectivity index (χ4v) is 2.72. The Kier molecular flexibility index (Phi) is 6.06. The van der Waals surface area contributed by atoms with Crippen LogP contribution in [-0.2, 0) is 11.3 Å². The zero-order valence-corrected chi connectivity index (χ0v) is 15.8. The molecular weight excluding hydrogens is 356 g/mol. The standard InChI is InChI=1S/C21H22N4O3/c1-15-4-9-19(28-2)18(12-15)24-20(26)13-22-21(27)17-7-5-16(6-8-17)14-25-11-3-10-23-25/h3-12H,13-14H2,1-2H3,(H,22,27)(H,24,26). The molecule has 1 aromatic heterocycles. The number of carbonyl (C=O) groups is 2. The summed E-state index contributed by atoms with van der Waals surface area (Å²) in [6.45, 7) is 2.42. The van der Waals surface area contributed by atoms with Gasteiger partial charge in [0.2, 0.25) is 5.91 Å². The number of benzene rings is 2. The van der Waals surface area contributed by atoms with E-state index in [1.807, 2.05) is 43.5 Å². The second-order valence-corrected chi connectivity index (χ2v) is 6.34. The summed E-state index contributed by atoms with van der Waals surface area (Å²) < 4.78 is 7.04. The van der Waals surface area contributed by atoms with Crippen LogP contribution in [0.3, 0.4) is 0 Å². The van der Waals surface area contributed by atoms with Gasteiger partial charge in [-0.3, -0.25) is 14.3 Å². The Morgan fingerprint density at radius 1 is 1.14 bits per heavy atom. The molecule has 3 rings (SSSR count). The molecular formula is C21H22N4O3. The van der Waals surface area contributed by atoms with Crippen LogP contribution in [0.4, 0.5) is 5.69 Å². The van der Waals surface area contributed by atoms with E-state index in [-0.39, 0.29) is 18.4 Å². The minimum Gasteiger partial charge on any atom is -0.495 e. The first kappa shape index (κ1) is 19.2. The number of amides is 2. The molecule has 144 valence electrons. The van der Waals surface area contributed by atoms with Gasteiger partial charge in [-0.15, -0.1) is 0 Å². The Labute approximate surface area is 163 Å². The van der Waals surface area contributed by atoms with Gasteiger partial charge in [0.05, 0.1) is 25.9 Å². The molecule has 3 aromatic rings. The van der Waals surface area contributed by atoms with E-state index < -0.39 is 0 Å². The largest absolute Gasteiger partial charge is 0.495 e. The summed E-state index contributed by atoms with van der Waals surface area (Å²) in [4.78, 5) is 24.4. The normalized spacial score (nSPS) is 10.4. The maximum atomic E-state index is 12.3. The summed E-state index contributed by atoms with van der Waals surface area (Å²) in [5.41, 5.74) is 3.09. The number of nitrogens with zero attached hydrogens (tertiary/aromatic N) is 2. The van der Waals surface area contributed by atoms with Gasteiger partial charge in [0.1, 0.15) is 5.75 Å². The van der Waals surface area contributed by atoms with Crippen molar-refractivity contribution in [1.29, 1.82) is 0 Å². The van der Waals surface area contributed by atoms with Crippen LogP contribution in [0.2, 0.25) is 0 Å². The molecule has 0 spiro atoms. The molecule has 0 aliphatic rings. The fraction of sp³-hybridized carbons (Fsp3) is 0.190. The van der Waals surface area contributed by atoms with Crippen molar-refractivity contribution < 1.29 is 14.3 Å². The number of carbonyl (C=O) groups excluding carboxylic acids is 2. The molecule has 0 unspecified atom stereocenters. The summed E-state index contributed by atoms with van der Waals surface area (Å²) in [7, 11) is 1.54. The number of aryl methyl sites for hydroxylation is 1. The summed E-state index contributed by atoms with van der Waals surface area (Å²) in [6, 6.07) is 14.6. The van der Waals surface area contributed by atoms with Gasteiger partial charge in [0, 0.05) is 18.0 Å². The maximum absolute atomic E-state index is 12.3. The van der Waals surface area contributed by atoms with Gasteiger partial charge in [-0.2, -0.15) is 5.10 Å². The van der Waals surface area contributed by atoms with Crippen molar-refractivity contribution >= 4 is 17.5 Å². The molecule has 7 nitrogen and oxygen atoms in total. The van der Waals surface area contributed by atoms with E-state index in [1.165, 1.54) is 7.11 Å². The van der Waals surface area contributed by atoms with Crippen LogP contribution < -0.4 is 15.4 Å². The van der Waals surface area contributed by atoms with E-state index in [1.54, 1.807) is 29.1 Å². The van der Waals surface area contributed by atoms with Gasteiger partial charge in [-0.25, -0.2) is 0 Å². The number of rotatable bonds is 7. The molecule has 0 saturated heterocycles. The highest BCUT2D eigenvalue weighted by molar-refractivity contribution is 5.99. The Morgan fingerprint density at radius 3 is 2.61 bits per heavy atom. The number of ether oxygens (including phenoxy) is 1. The van der Waals surface area contributed by atoms with Gasteiger partial charge in [0.15, 0.2) is 0 Å². The molecule has 0 atom stereocenters. The van der Waals surface area contributed by atoms with E-state index in [0.29, 0.717) is 23.5 Å². The molecule has 0 saturated carbocycles. The maximum Gasteiger partial charge on any atom is 0.251 e. The van der Waals surface area contributed by atoms with Crippen molar-refractivity contribution in [2.75, 3.05) is 19.0 Å². The number of anilines is 1. The van der Waals surface area contributed by atoms with Gasteiger partial charge >= 0.3 is 0 Å². The van der Waals surface area contributed by atoms with E-state index in [9.17, 15) is 9.59 Å². The first-order valence-corrected chi connectivity index (χ1v) is 8.84. The molecule has 1 heterocycles. The summed E-state index contributed by atoms with van der Waals surface area (Å²) in [6.07, 6.45) is 3.60. The monoisotopic (exact) mass is 378 g/mol. The molecule has 0 aliphatic carbocycles. The van der Waals surface area contributed by atoms with Gasteiger partial charge in [-0.1, -0.05) is 18.2 Å². The van der Waals surface area contributed by atoms with Crippen molar-refractivity contribution in [1.82, 2.24) is 15.1 Å². The number of hydrogen-bond donors (Lipinski definition) is 2. The second kappa shape index (κ2) is 8.85. The third-order valence-corrected chi connectivity index (χ3v) is 4.16. The molecule has 7 heteroatoms. The van der Waals surface area contributed by atoms with Crippen LogP contribution in [-0.4, -0.2) is 35.2 Å². The Bertz CT molecular complexity index is 950. The Morgan fingerprint density at radius 2 is 1.93 bits per heavy atom. The van der Waals surface area contributed by atoms with Crippen LogP contribution in [0.25, 0.3) is 0 Å². The van der Waals surface area contributed by atoms with E-state index in [0.717, 1.165) is 11.1 Å². The quantitative estimate of drug-likeness (QED) is 0.662. The summed E-state index contributed by atoms with van der Waals surface area (Å²) in [5, 5.41) is 9.54. The lowest BCUT2D eigenvalue weighted by Gasteiger charge is -2.11. The van der Waals surface area contributed by atoms with Gasteiger partial charge in [0.25, 0.3) is 5.91 Å². The van der Waals surface area contributed by atoms with Gasteiger partial charge < -0.3 is 15.4 Å². The number of nitrogens with one attached hydrogen (secondary N) is 2. The first-order chi connectivity index (χ1) is 13.5. The molecule has 0 radical (unpaired) electrons. The van der Waals surface area contributed by atoms with Crippen LogP contribution >= 0.6 is 0 Å². The number of methoxy groups -OCH3 is 1. The lowest BCUT2D eigenvalue weighted by atomic mass is 10.1. The van der Waals surface area contributed by atoms with Crippen LogP contribution in [0, 0.1) is 6.92 Å². The molecule has 0 bridgehead atoms. The smallest absolute Gasteiger partial charge is 0.251 e. The molecule has 2 N–H and O–H groups in total. The lowest BCUT2D eigenvalue weighted by molar-refractivity contribution is -0.115. The molecule has 2 aromatic carbocycles. The predicted octanol–water partition coefficient (Wildman–Crippen LogP) is 2.62. The first-order valence-electron chi connectivity index (χ1n) is 8.84. The minimum atomic E-state index is -0.326. The average molecular weight is 378 g/mol. The fourth-order valence-electron chi connectivity index (χ4n) is 2.72. The number of aromatic nitrogens is 2. The average Bonchev–Trinajstić information content (AvgIpc) is 3.20. The van der Waals surface area contributed by atoms with E-state index >= 15 is 0 Å². The predicted molar refractivity (Wildman–Crippen MR) is 106 cm³/mol. The van der Waals surface area contributed by atoms with E-state index in [2.05, 4.69) is 15.7 Å². The van der Waals surface area contributed by atoms with Crippen molar-refractivity contribution in [2.24, 2.45) is 0 Å². The molecule has 2 amide bonds.